The SMILES string of the molecule is Cc1cc(NC[C@@]2(C)CCCO2)nc(C2CCNCC2)n1. The van der Waals surface area contributed by atoms with Gasteiger partial charge in [-0.1, -0.05) is 0 Å². The average molecular weight is 290 g/mol. The molecule has 1 aromatic rings. The van der Waals surface area contributed by atoms with E-state index >= 15 is 0 Å². The largest absolute Gasteiger partial charge is 0.373 e. The quantitative estimate of drug-likeness (QED) is 0.890. The molecule has 5 nitrogen and oxygen atoms in total. The van der Waals surface area contributed by atoms with Gasteiger partial charge in [0.2, 0.25) is 0 Å². The zero-order valence-corrected chi connectivity index (χ0v) is 13.1. The summed E-state index contributed by atoms with van der Waals surface area (Å²) in [7, 11) is 0. The number of ether oxygens (including phenoxy) is 1. The Labute approximate surface area is 126 Å². The molecule has 3 heterocycles. The van der Waals surface area contributed by atoms with Gasteiger partial charge in [0.1, 0.15) is 11.6 Å². The molecular weight excluding hydrogens is 264 g/mol. The van der Waals surface area contributed by atoms with E-state index < -0.39 is 0 Å². The summed E-state index contributed by atoms with van der Waals surface area (Å²) < 4.78 is 5.82. The van der Waals surface area contributed by atoms with E-state index in [4.69, 9.17) is 9.72 Å². The fraction of sp³-hybridized carbons (Fsp3) is 0.750. The number of anilines is 1. The first kappa shape index (κ1) is 14.7. The lowest BCUT2D eigenvalue weighted by Crippen LogP contribution is -2.33. The van der Waals surface area contributed by atoms with Crippen molar-refractivity contribution in [2.45, 2.75) is 51.0 Å². The van der Waals surface area contributed by atoms with Crippen molar-refractivity contribution in [3.8, 4) is 0 Å². The first-order chi connectivity index (χ1) is 10.1. The van der Waals surface area contributed by atoms with Gasteiger partial charge >= 0.3 is 0 Å². The normalized spacial score (nSPS) is 27.0. The van der Waals surface area contributed by atoms with Crippen molar-refractivity contribution in [1.82, 2.24) is 15.3 Å². The van der Waals surface area contributed by atoms with Crippen LogP contribution in [0.25, 0.3) is 0 Å². The van der Waals surface area contributed by atoms with Crippen LogP contribution in [0.3, 0.4) is 0 Å². The van der Waals surface area contributed by atoms with E-state index in [-0.39, 0.29) is 5.60 Å². The summed E-state index contributed by atoms with van der Waals surface area (Å²) in [6.45, 7) is 8.05. The third-order valence-electron chi connectivity index (χ3n) is 4.52. The molecule has 21 heavy (non-hydrogen) atoms. The van der Waals surface area contributed by atoms with Crippen LogP contribution in [0.2, 0.25) is 0 Å². The second kappa shape index (κ2) is 6.28. The molecule has 2 aliphatic heterocycles. The molecule has 0 unspecified atom stereocenters. The van der Waals surface area contributed by atoms with Gasteiger partial charge in [0.05, 0.1) is 5.60 Å². The molecule has 0 spiro atoms. The van der Waals surface area contributed by atoms with Gasteiger partial charge in [-0.2, -0.15) is 0 Å². The Morgan fingerprint density at radius 3 is 2.90 bits per heavy atom. The highest BCUT2D eigenvalue weighted by Gasteiger charge is 2.29. The summed E-state index contributed by atoms with van der Waals surface area (Å²) >= 11 is 0. The summed E-state index contributed by atoms with van der Waals surface area (Å²) in [4.78, 5) is 9.39. The van der Waals surface area contributed by atoms with Gasteiger partial charge in [-0.25, -0.2) is 9.97 Å². The van der Waals surface area contributed by atoms with Gasteiger partial charge in [-0.05, 0) is 52.6 Å². The molecule has 1 aromatic heterocycles. The molecule has 2 saturated heterocycles. The minimum atomic E-state index is -0.0478. The van der Waals surface area contributed by atoms with E-state index in [1.807, 2.05) is 13.0 Å². The number of nitrogens with zero attached hydrogens (tertiary/aromatic N) is 2. The van der Waals surface area contributed by atoms with Crippen molar-refractivity contribution in [3.63, 3.8) is 0 Å². The molecule has 1 atom stereocenters. The van der Waals surface area contributed by atoms with Crippen LogP contribution in [-0.4, -0.2) is 41.8 Å². The lowest BCUT2D eigenvalue weighted by Gasteiger charge is -2.25. The monoisotopic (exact) mass is 290 g/mol. The van der Waals surface area contributed by atoms with Gasteiger partial charge < -0.3 is 15.4 Å². The van der Waals surface area contributed by atoms with Gasteiger partial charge in [0.15, 0.2) is 0 Å². The molecule has 0 radical (unpaired) electrons. The highest BCUT2D eigenvalue weighted by atomic mass is 16.5. The Balaban J connectivity index is 1.68. The number of aromatic nitrogens is 2. The highest BCUT2D eigenvalue weighted by molar-refractivity contribution is 5.37. The highest BCUT2D eigenvalue weighted by Crippen LogP contribution is 2.26. The molecule has 0 aromatic carbocycles. The number of aryl methyl sites for hydroxylation is 1. The predicted molar refractivity (Wildman–Crippen MR) is 83.7 cm³/mol. The van der Waals surface area contributed by atoms with E-state index in [0.29, 0.717) is 5.92 Å². The summed E-state index contributed by atoms with van der Waals surface area (Å²) in [5, 5.41) is 6.85. The topological polar surface area (TPSA) is 59.1 Å². The molecule has 0 saturated carbocycles. The maximum Gasteiger partial charge on any atom is 0.134 e. The minimum Gasteiger partial charge on any atom is -0.373 e. The fourth-order valence-electron chi connectivity index (χ4n) is 3.20. The standard InChI is InChI=1S/C16H26N4O/c1-12-10-14(18-11-16(2)6-3-9-21-16)20-15(19-12)13-4-7-17-8-5-13/h10,13,17H,3-9,11H2,1-2H3,(H,18,19,20)/t16-/m1/s1. The summed E-state index contributed by atoms with van der Waals surface area (Å²) in [5.74, 6) is 2.43. The van der Waals surface area contributed by atoms with Crippen molar-refractivity contribution in [2.24, 2.45) is 0 Å². The Bertz CT molecular complexity index is 479. The molecule has 0 bridgehead atoms. The van der Waals surface area contributed by atoms with Gasteiger partial charge in [-0.3, -0.25) is 0 Å². The van der Waals surface area contributed by atoms with Crippen LogP contribution in [-0.2, 0) is 4.74 Å². The second-order valence-corrected chi connectivity index (χ2v) is 6.53. The first-order valence-corrected chi connectivity index (χ1v) is 8.09. The number of hydrogen-bond acceptors (Lipinski definition) is 5. The van der Waals surface area contributed by atoms with Crippen LogP contribution in [0.1, 0.15) is 50.0 Å². The molecule has 0 aliphatic carbocycles. The summed E-state index contributed by atoms with van der Waals surface area (Å²) in [5.41, 5.74) is 0.992. The number of piperidine rings is 1. The van der Waals surface area contributed by atoms with Crippen LogP contribution in [0.15, 0.2) is 6.07 Å². The van der Waals surface area contributed by atoms with E-state index in [2.05, 4.69) is 22.5 Å². The van der Waals surface area contributed by atoms with Crippen molar-refractivity contribution in [3.05, 3.63) is 17.6 Å². The third-order valence-corrected chi connectivity index (χ3v) is 4.52. The van der Waals surface area contributed by atoms with E-state index in [1.165, 1.54) is 0 Å². The van der Waals surface area contributed by atoms with Crippen molar-refractivity contribution >= 4 is 5.82 Å². The zero-order chi connectivity index (χ0) is 14.7. The molecule has 2 aliphatic rings. The van der Waals surface area contributed by atoms with Gasteiger partial charge in [-0.15, -0.1) is 0 Å². The minimum absolute atomic E-state index is 0.0478. The first-order valence-electron chi connectivity index (χ1n) is 8.09. The van der Waals surface area contributed by atoms with Crippen molar-refractivity contribution < 1.29 is 4.74 Å². The Hall–Kier alpha value is -1.20. The van der Waals surface area contributed by atoms with Crippen LogP contribution in [0.4, 0.5) is 5.82 Å². The summed E-state index contributed by atoms with van der Waals surface area (Å²) in [6, 6.07) is 2.03. The molecule has 0 amide bonds. The van der Waals surface area contributed by atoms with E-state index in [9.17, 15) is 0 Å². The Morgan fingerprint density at radius 2 is 2.19 bits per heavy atom. The van der Waals surface area contributed by atoms with Gasteiger partial charge in [0.25, 0.3) is 0 Å². The maximum atomic E-state index is 5.82. The molecule has 2 N–H and O–H groups in total. The second-order valence-electron chi connectivity index (χ2n) is 6.53. The fourth-order valence-corrected chi connectivity index (χ4v) is 3.20. The van der Waals surface area contributed by atoms with Crippen LogP contribution in [0, 0.1) is 6.92 Å². The van der Waals surface area contributed by atoms with Crippen molar-refractivity contribution in [2.75, 3.05) is 31.6 Å². The lowest BCUT2D eigenvalue weighted by atomic mass is 9.97. The van der Waals surface area contributed by atoms with E-state index in [1.54, 1.807) is 0 Å². The third kappa shape index (κ3) is 3.71. The summed E-state index contributed by atoms with van der Waals surface area (Å²) in [6.07, 6.45) is 4.53. The van der Waals surface area contributed by atoms with Crippen molar-refractivity contribution in [1.29, 1.82) is 0 Å². The molecule has 2 fully saturated rings. The molecule has 116 valence electrons. The van der Waals surface area contributed by atoms with Crippen LogP contribution < -0.4 is 10.6 Å². The molecule has 5 heteroatoms. The Morgan fingerprint density at radius 1 is 1.38 bits per heavy atom. The molecule has 3 rings (SSSR count). The number of rotatable bonds is 4. The Kier molecular flexibility index (Phi) is 4.40. The predicted octanol–water partition coefficient (Wildman–Crippen LogP) is 2.23. The smallest absolute Gasteiger partial charge is 0.134 e. The zero-order valence-electron chi connectivity index (χ0n) is 13.1. The number of hydrogen-bond donors (Lipinski definition) is 2. The van der Waals surface area contributed by atoms with E-state index in [0.717, 1.165) is 69.3 Å². The van der Waals surface area contributed by atoms with Gasteiger partial charge in [0, 0.05) is 30.8 Å². The maximum absolute atomic E-state index is 5.82. The van der Waals surface area contributed by atoms with Crippen LogP contribution >= 0.6 is 0 Å². The molecular formula is C16H26N4O. The lowest BCUT2D eigenvalue weighted by molar-refractivity contribution is 0.0314. The van der Waals surface area contributed by atoms with Crippen LogP contribution in [0.5, 0.6) is 0 Å². The average Bonchev–Trinajstić information content (AvgIpc) is 2.93. The number of nitrogens with one attached hydrogen (secondary N) is 2.